The topological polar surface area (TPSA) is 62.4 Å². The third kappa shape index (κ3) is 2.44. The minimum atomic E-state index is 0.190. The maximum atomic E-state index is 9.39. The lowest BCUT2D eigenvalue weighted by atomic mass is 10.2. The Morgan fingerprint density at radius 1 is 0.950 bits per heavy atom. The van der Waals surface area contributed by atoms with Crippen LogP contribution in [0.15, 0.2) is 59.3 Å². The van der Waals surface area contributed by atoms with Crippen molar-refractivity contribution < 1.29 is 9.52 Å². The molecule has 100 valence electrons. The van der Waals surface area contributed by atoms with Crippen molar-refractivity contribution >= 4 is 29.0 Å². The second-order valence-electron chi connectivity index (χ2n) is 4.05. The van der Waals surface area contributed by atoms with Gasteiger partial charge in [0.05, 0.1) is 11.4 Å². The normalized spacial score (nSPS) is 10.4. The maximum absolute atomic E-state index is 9.39. The molecule has 0 bridgehead atoms. The highest BCUT2D eigenvalue weighted by Gasteiger charge is 2.16. The van der Waals surface area contributed by atoms with Gasteiger partial charge in [-0.15, -0.1) is 5.10 Å². The van der Waals surface area contributed by atoms with E-state index in [1.54, 1.807) is 41.3 Å². The van der Waals surface area contributed by atoms with Crippen LogP contribution in [0.1, 0.15) is 0 Å². The fourth-order valence-electron chi connectivity index (χ4n) is 1.83. The van der Waals surface area contributed by atoms with Crippen LogP contribution in [0.2, 0.25) is 5.02 Å². The molecule has 0 aliphatic carbocycles. The Morgan fingerprint density at radius 3 is 2.10 bits per heavy atom. The molecule has 0 fully saturated rings. The van der Waals surface area contributed by atoms with Crippen LogP contribution in [-0.2, 0) is 0 Å². The molecule has 0 saturated carbocycles. The first kappa shape index (κ1) is 12.5. The summed E-state index contributed by atoms with van der Waals surface area (Å²) in [5, 5.41) is 17.7. The fourth-order valence-corrected chi connectivity index (χ4v) is 1.95. The lowest BCUT2D eigenvalue weighted by Crippen LogP contribution is -2.10. The van der Waals surface area contributed by atoms with Gasteiger partial charge < -0.3 is 9.52 Å². The van der Waals surface area contributed by atoms with Crippen LogP contribution >= 0.6 is 11.6 Å². The first-order valence-corrected chi connectivity index (χ1v) is 6.23. The number of hydrogen-bond acceptors (Lipinski definition) is 5. The third-order valence-corrected chi connectivity index (χ3v) is 2.98. The van der Waals surface area contributed by atoms with Crippen molar-refractivity contribution in [2.45, 2.75) is 0 Å². The summed E-state index contributed by atoms with van der Waals surface area (Å²) >= 11 is 5.91. The van der Waals surface area contributed by atoms with Crippen LogP contribution in [0.25, 0.3) is 0 Å². The van der Waals surface area contributed by atoms with Crippen molar-refractivity contribution in [1.82, 2.24) is 10.2 Å². The Bertz CT molecular complexity index is 636. The van der Waals surface area contributed by atoms with E-state index >= 15 is 0 Å². The molecule has 3 aromatic rings. The Kier molecular flexibility index (Phi) is 3.26. The van der Waals surface area contributed by atoms with E-state index in [1.165, 1.54) is 6.39 Å². The molecule has 5 nitrogen and oxygen atoms in total. The molecule has 0 amide bonds. The van der Waals surface area contributed by atoms with Gasteiger partial charge in [0.1, 0.15) is 5.75 Å². The van der Waals surface area contributed by atoms with Gasteiger partial charge in [0.25, 0.3) is 0 Å². The zero-order valence-corrected chi connectivity index (χ0v) is 11.0. The summed E-state index contributed by atoms with van der Waals surface area (Å²) in [7, 11) is 0. The van der Waals surface area contributed by atoms with E-state index in [0.29, 0.717) is 11.0 Å². The number of halogens is 1. The number of nitrogens with zero attached hydrogens (tertiary/aromatic N) is 3. The molecule has 1 N–H and O–H groups in total. The smallest absolute Gasteiger partial charge is 0.327 e. The second kappa shape index (κ2) is 5.22. The Labute approximate surface area is 120 Å². The Balaban J connectivity index is 2.09. The van der Waals surface area contributed by atoms with Crippen molar-refractivity contribution in [2.75, 3.05) is 4.90 Å². The molecule has 0 aliphatic heterocycles. The number of rotatable bonds is 3. The van der Waals surface area contributed by atoms with Crippen LogP contribution < -0.4 is 4.90 Å². The Hall–Kier alpha value is -2.53. The molecular weight excluding hydrogens is 278 g/mol. The van der Waals surface area contributed by atoms with Crippen molar-refractivity contribution in [3.05, 3.63) is 59.9 Å². The first-order valence-electron chi connectivity index (χ1n) is 5.85. The fraction of sp³-hybridized carbons (Fsp3) is 0. The summed E-state index contributed by atoms with van der Waals surface area (Å²) < 4.78 is 5.27. The standard InChI is InChI=1S/C14H10ClN3O2/c15-10-1-3-11(4-2-10)18(14-17-16-9-20-14)12-5-7-13(19)8-6-12/h1-9,19H. The lowest BCUT2D eigenvalue weighted by molar-refractivity contribution is 0.475. The first-order chi connectivity index (χ1) is 9.74. The molecule has 2 aromatic carbocycles. The molecule has 20 heavy (non-hydrogen) atoms. The van der Waals surface area contributed by atoms with E-state index in [4.69, 9.17) is 16.0 Å². The van der Waals surface area contributed by atoms with Crippen molar-refractivity contribution in [3.63, 3.8) is 0 Å². The monoisotopic (exact) mass is 287 g/mol. The van der Waals surface area contributed by atoms with Crippen LogP contribution in [-0.4, -0.2) is 15.3 Å². The summed E-state index contributed by atoms with van der Waals surface area (Å²) in [6.07, 6.45) is 1.26. The van der Waals surface area contributed by atoms with E-state index in [-0.39, 0.29) is 5.75 Å². The maximum Gasteiger partial charge on any atom is 0.327 e. The van der Waals surface area contributed by atoms with E-state index in [2.05, 4.69) is 10.2 Å². The molecular formula is C14H10ClN3O2. The number of aromatic nitrogens is 2. The van der Waals surface area contributed by atoms with E-state index < -0.39 is 0 Å². The summed E-state index contributed by atoms with van der Waals surface area (Å²) in [5.74, 6) is 0.190. The van der Waals surface area contributed by atoms with Gasteiger partial charge in [-0.3, -0.25) is 4.90 Å². The number of benzene rings is 2. The zero-order valence-electron chi connectivity index (χ0n) is 10.3. The predicted octanol–water partition coefficient (Wildman–Crippen LogP) is 3.90. The molecule has 1 aromatic heterocycles. The van der Waals surface area contributed by atoms with E-state index in [1.807, 2.05) is 12.1 Å². The number of aromatic hydroxyl groups is 1. The lowest BCUT2D eigenvalue weighted by Gasteiger charge is -2.20. The molecule has 0 spiro atoms. The van der Waals surface area contributed by atoms with Gasteiger partial charge in [-0.2, -0.15) is 0 Å². The molecule has 0 radical (unpaired) electrons. The van der Waals surface area contributed by atoms with Gasteiger partial charge in [-0.25, -0.2) is 0 Å². The van der Waals surface area contributed by atoms with Crippen molar-refractivity contribution in [2.24, 2.45) is 0 Å². The van der Waals surface area contributed by atoms with Gasteiger partial charge in [0, 0.05) is 5.02 Å². The highest BCUT2D eigenvalue weighted by atomic mass is 35.5. The van der Waals surface area contributed by atoms with Gasteiger partial charge in [-0.1, -0.05) is 16.7 Å². The van der Waals surface area contributed by atoms with Crippen molar-refractivity contribution in [1.29, 1.82) is 0 Å². The summed E-state index contributed by atoms with van der Waals surface area (Å²) in [5.41, 5.74) is 1.61. The molecule has 3 rings (SSSR count). The molecule has 0 atom stereocenters. The predicted molar refractivity (Wildman–Crippen MR) is 75.7 cm³/mol. The van der Waals surface area contributed by atoms with Crippen LogP contribution in [0.4, 0.5) is 17.4 Å². The SMILES string of the molecule is Oc1ccc(N(c2ccc(Cl)cc2)c2nnco2)cc1. The van der Waals surface area contributed by atoms with Crippen LogP contribution in [0, 0.1) is 0 Å². The van der Waals surface area contributed by atoms with Gasteiger partial charge >= 0.3 is 6.01 Å². The van der Waals surface area contributed by atoms with Gasteiger partial charge in [-0.05, 0) is 48.5 Å². The third-order valence-electron chi connectivity index (χ3n) is 2.73. The number of phenols is 1. The highest BCUT2D eigenvalue weighted by Crippen LogP contribution is 2.34. The zero-order chi connectivity index (χ0) is 13.9. The largest absolute Gasteiger partial charge is 0.508 e. The summed E-state index contributed by atoms with van der Waals surface area (Å²) in [6, 6.07) is 14.3. The minimum Gasteiger partial charge on any atom is -0.508 e. The molecule has 0 aliphatic rings. The Morgan fingerprint density at radius 2 is 1.55 bits per heavy atom. The molecule has 1 heterocycles. The number of hydrogen-bond donors (Lipinski definition) is 1. The highest BCUT2D eigenvalue weighted by molar-refractivity contribution is 6.30. The van der Waals surface area contributed by atoms with E-state index in [9.17, 15) is 5.11 Å². The summed E-state index contributed by atoms with van der Waals surface area (Å²) in [6.45, 7) is 0. The summed E-state index contributed by atoms with van der Waals surface area (Å²) in [4.78, 5) is 1.77. The molecule has 0 unspecified atom stereocenters. The molecule has 0 saturated heterocycles. The average Bonchev–Trinajstić information content (AvgIpc) is 2.97. The number of phenolic OH excluding ortho intramolecular Hbond substituents is 1. The second-order valence-corrected chi connectivity index (χ2v) is 4.49. The quantitative estimate of drug-likeness (QED) is 0.791. The van der Waals surface area contributed by atoms with Crippen LogP contribution in [0.3, 0.4) is 0 Å². The number of anilines is 3. The van der Waals surface area contributed by atoms with Gasteiger partial charge in [0.2, 0.25) is 6.39 Å². The minimum absolute atomic E-state index is 0.190. The molecule has 6 heteroatoms. The average molecular weight is 288 g/mol. The van der Waals surface area contributed by atoms with Crippen LogP contribution in [0.5, 0.6) is 5.75 Å². The van der Waals surface area contributed by atoms with Gasteiger partial charge in [0.15, 0.2) is 0 Å². The van der Waals surface area contributed by atoms with E-state index in [0.717, 1.165) is 11.4 Å². The van der Waals surface area contributed by atoms with Crippen molar-refractivity contribution in [3.8, 4) is 5.75 Å².